The molecule has 0 bridgehead atoms. The van der Waals surface area contributed by atoms with E-state index in [1.54, 1.807) is 48.5 Å². The molecule has 8 heteroatoms. The fourth-order valence-corrected chi connectivity index (χ4v) is 6.40. The normalized spacial score (nSPS) is 22.4. The number of benzene rings is 4. The number of fused-ring (bicyclic) bond motifs is 3. The van der Waals surface area contributed by atoms with E-state index in [2.05, 4.69) is 15.9 Å². The standard InChI is InChI=1S/C33H22BrNO6/c1-18-6-8-19(9-7-18)28-26-27(33(41-28)29(36)24-4-2-3-5-25(24)30(33)37)32(39)35(31(26)38)21-12-16-23(17-13-21)40-22-14-10-20(34)11-15-22/h2-17,26-28H,1H3/t26-,27+,28+/m1/s1. The van der Waals surface area contributed by atoms with Crippen molar-refractivity contribution in [1.29, 1.82) is 0 Å². The number of ketones is 2. The number of nitrogens with zero attached hydrogens (tertiary/aromatic N) is 1. The van der Waals surface area contributed by atoms with Gasteiger partial charge in [-0.3, -0.25) is 19.2 Å². The van der Waals surface area contributed by atoms with Gasteiger partial charge in [-0.15, -0.1) is 0 Å². The molecule has 202 valence electrons. The molecule has 2 heterocycles. The van der Waals surface area contributed by atoms with Gasteiger partial charge in [-0.05, 0) is 61.0 Å². The number of carbonyl (C=O) groups excluding carboxylic acids is 4. The topological polar surface area (TPSA) is 90.0 Å². The molecule has 3 aliphatic rings. The summed E-state index contributed by atoms with van der Waals surface area (Å²) in [7, 11) is 0. The second kappa shape index (κ2) is 9.33. The van der Waals surface area contributed by atoms with Gasteiger partial charge in [0.25, 0.3) is 0 Å². The third kappa shape index (κ3) is 3.74. The van der Waals surface area contributed by atoms with Crippen LogP contribution >= 0.6 is 15.9 Å². The highest BCUT2D eigenvalue weighted by molar-refractivity contribution is 9.10. The van der Waals surface area contributed by atoms with E-state index in [4.69, 9.17) is 9.47 Å². The van der Waals surface area contributed by atoms with Gasteiger partial charge in [0, 0.05) is 15.6 Å². The number of carbonyl (C=O) groups is 4. The van der Waals surface area contributed by atoms with Crippen molar-refractivity contribution in [3.05, 3.63) is 124 Å². The lowest BCUT2D eigenvalue weighted by Crippen LogP contribution is -2.51. The SMILES string of the molecule is Cc1ccc([C@@H]2OC3(C(=O)c4ccccc4C3=O)[C@@H]3C(=O)N(c4ccc(Oc5ccc(Br)cc5)cc4)C(=O)[C@H]32)cc1. The van der Waals surface area contributed by atoms with Gasteiger partial charge in [0.05, 0.1) is 23.6 Å². The Balaban J connectivity index is 1.28. The number of hydrogen-bond acceptors (Lipinski definition) is 6. The van der Waals surface area contributed by atoms with E-state index < -0.39 is 46.9 Å². The van der Waals surface area contributed by atoms with Gasteiger partial charge in [0.2, 0.25) is 29.0 Å². The van der Waals surface area contributed by atoms with Gasteiger partial charge >= 0.3 is 0 Å². The molecule has 4 aromatic rings. The smallest absolute Gasteiger partial charge is 0.241 e. The van der Waals surface area contributed by atoms with E-state index in [1.165, 1.54) is 0 Å². The maximum absolute atomic E-state index is 14.1. The molecule has 7 rings (SSSR count). The van der Waals surface area contributed by atoms with Crippen LogP contribution in [0.1, 0.15) is 37.9 Å². The first-order valence-corrected chi connectivity index (χ1v) is 13.9. The van der Waals surface area contributed by atoms with E-state index in [0.717, 1.165) is 14.9 Å². The lowest BCUT2D eigenvalue weighted by molar-refractivity contribution is -0.127. The summed E-state index contributed by atoms with van der Waals surface area (Å²) >= 11 is 3.39. The molecule has 41 heavy (non-hydrogen) atoms. The zero-order chi connectivity index (χ0) is 28.5. The highest BCUT2D eigenvalue weighted by atomic mass is 79.9. The summed E-state index contributed by atoms with van der Waals surface area (Å²) in [6.45, 7) is 1.93. The van der Waals surface area contributed by atoms with Crippen molar-refractivity contribution in [1.82, 2.24) is 0 Å². The average Bonchev–Trinajstić information content (AvgIpc) is 3.55. The van der Waals surface area contributed by atoms with Crippen molar-refractivity contribution in [2.45, 2.75) is 18.6 Å². The fourth-order valence-electron chi connectivity index (χ4n) is 6.13. The minimum absolute atomic E-state index is 0.203. The molecule has 2 saturated heterocycles. The van der Waals surface area contributed by atoms with E-state index >= 15 is 0 Å². The van der Waals surface area contributed by atoms with Crippen LogP contribution in [0.2, 0.25) is 0 Å². The zero-order valence-electron chi connectivity index (χ0n) is 21.7. The van der Waals surface area contributed by atoms with E-state index in [0.29, 0.717) is 22.7 Å². The molecule has 0 saturated carbocycles. The zero-order valence-corrected chi connectivity index (χ0v) is 23.3. The summed E-state index contributed by atoms with van der Waals surface area (Å²) in [6.07, 6.45) is -0.954. The molecule has 2 amide bonds. The maximum atomic E-state index is 14.1. The second-order valence-electron chi connectivity index (χ2n) is 10.5. The largest absolute Gasteiger partial charge is 0.457 e. The third-order valence-electron chi connectivity index (χ3n) is 8.07. The Labute approximate surface area is 243 Å². The number of Topliss-reactive ketones (excluding diaryl/α,β-unsaturated/α-hetero) is 2. The van der Waals surface area contributed by atoms with E-state index in [1.807, 2.05) is 55.5 Å². The van der Waals surface area contributed by atoms with Crippen molar-refractivity contribution in [2.24, 2.45) is 11.8 Å². The van der Waals surface area contributed by atoms with Crippen molar-refractivity contribution in [3.8, 4) is 11.5 Å². The van der Waals surface area contributed by atoms with Gasteiger partial charge in [-0.1, -0.05) is 70.0 Å². The Kier molecular flexibility index (Phi) is 5.81. The molecule has 0 aromatic heterocycles. The number of halogens is 1. The number of anilines is 1. The Morgan fingerprint density at radius 1 is 0.732 bits per heavy atom. The maximum Gasteiger partial charge on any atom is 0.241 e. The first-order chi connectivity index (χ1) is 19.8. The second-order valence-corrected chi connectivity index (χ2v) is 11.4. The molecular weight excluding hydrogens is 586 g/mol. The van der Waals surface area contributed by atoms with Gasteiger partial charge in [0.15, 0.2) is 0 Å². The summed E-state index contributed by atoms with van der Waals surface area (Å²) in [6, 6.07) is 27.7. The fraction of sp³-hybridized carbons (Fsp3) is 0.152. The van der Waals surface area contributed by atoms with Crippen molar-refractivity contribution < 1.29 is 28.7 Å². The molecule has 7 nitrogen and oxygen atoms in total. The van der Waals surface area contributed by atoms with Crippen molar-refractivity contribution in [3.63, 3.8) is 0 Å². The minimum Gasteiger partial charge on any atom is -0.457 e. The van der Waals surface area contributed by atoms with Gasteiger partial charge < -0.3 is 9.47 Å². The number of amides is 2. The number of rotatable bonds is 4. The van der Waals surface area contributed by atoms with Crippen LogP contribution < -0.4 is 9.64 Å². The predicted molar refractivity (Wildman–Crippen MR) is 153 cm³/mol. The Bertz CT molecular complexity index is 1710. The monoisotopic (exact) mass is 607 g/mol. The molecule has 0 radical (unpaired) electrons. The van der Waals surface area contributed by atoms with Crippen LogP contribution in [-0.4, -0.2) is 29.0 Å². The average molecular weight is 608 g/mol. The molecule has 0 unspecified atom stereocenters. The van der Waals surface area contributed by atoms with Crippen molar-refractivity contribution >= 4 is 45.0 Å². The summed E-state index contributed by atoms with van der Waals surface area (Å²) in [4.78, 5) is 57.0. The summed E-state index contributed by atoms with van der Waals surface area (Å²) in [5, 5.41) is 0. The molecule has 4 aromatic carbocycles. The van der Waals surface area contributed by atoms with E-state index in [9.17, 15) is 19.2 Å². The Hall–Kier alpha value is -4.40. The molecule has 0 N–H and O–H groups in total. The quantitative estimate of drug-likeness (QED) is 0.201. The van der Waals surface area contributed by atoms with Crippen LogP contribution in [0.15, 0.2) is 102 Å². The lowest BCUT2D eigenvalue weighted by Gasteiger charge is -2.27. The molecule has 2 aliphatic heterocycles. The van der Waals surface area contributed by atoms with Gasteiger partial charge in [-0.25, -0.2) is 4.90 Å². The summed E-state index contributed by atoms with van der Waals surface area (Å²) in [5.74, 6) is -3.51. The Morgan fingerprint density at radius 2 is 1.29 bits per heavy atom. The molecule has 2 fully saturated rings. The van der Waals surface area contributed by atoms with Crippen LogP contribution in [-0.2, 0) is 14.3 Å². The Morgan fingerprint density at radius 3 is 1.88 bits per heavy atom. The highest BCUT2D eigenvalue weighted by Gasteiger charge is 2.74. The minimum atomic E-state index is -2.10. The lowest BCUT2D eigenvalue weighted by atomic mass is 9.77. The molecule has 1 aliphatic carbocycles. The number of aryl methyl sites for hydroxylation is 1. The number of ether oxygens (including phenoxy) is 2. The van der Waals surface area contributed by atoms with Crippen molar-refractivity contribution in [2.75, 3.05) is 4.90 Å². The number of hydrogen-bond donors (Lipinski definition) is 0. The summed E-state index contributed by atoms with van der Waals surface area (Å²) in [5.41, 5.74) is 0.254. The first-order valence-electron chi connectivity index (χ1n) is 13.1. The molecule has 1 spiro atoms. The van der Waals surface area contributed by atoms with Crippen LogP contribution in [0.4, 0.5) is 5.69 Å². The van der Waals surface area contributed by atoms with Gasteiger partial charge in [-0.2, -0.15) is 0 Å². The van der Waals surface area contributed by atoms with Crippen LogP contribution in [0.5, 0.6) is 11.5 Å². The van der Waals surface area contributed by atoms with E-state index in [-0.39, 0.29) is 11.1 Å². The number of imide groups is 1. The predicted octanol–water partition coefficient (Wildman–Crippen LogP) is 6.24. The third-order valence-corrected chi connectivity index (χ3v) is 8.60. The van der Waals surface area contributed by atoms with Crippen LogP contribution in [0, 0.1) is 18.8 Å². The highest BCUT2D eigenvalue weighted by Crippen LogP contribution is 2.57. The molecule has 3 atom stereocenters. The van der Waals surface area contributed by atoms with Crippen LogP contribution in [0.3, 0.4) is 0 Å². The molecular formula is C33H22BrNO6. The summed E-state index contributed by atoms with van der Waals surface area (Å²) < 4.78 is 13.1. The van der Waals surface area contributed by atoms with Gasteiger partial charge in [0.1, 0.15) is 11.5 Å². The first kappa shape index (κ1) is 25.6. The van der Waals surface area contributed by atoms with Crippen LogP contribution in [0.25, 0.3) is 0 Å².